The predicted molar refractivity (Wildman–Crippen MR) is 72.3 cm³/mol. The lowest BCUT2D eigenvalue weighted by atomic mass is 10.1. The van der Waals surface area contributed by atoms with Crippen molar-refractivity contribution in [1.82, 2.24) is 9.97 Å². The normalized spacial score (nSPS) is 10.2. The Morgan fingerprint density at radius 2 is 1.61 bits per heavy atom. The van der Waals surface area contributed by atoms with E-state index in [0.29, 0.717) is 11.8 Å². The van der Waals surface area contributed by atoms with Crippen LogP contribution in [0.1, 0.15) is 16.8 Å². The van der Waals surface area contributed by atoms with Gasteiger partial charge in [0.1, 0.15) is 5.75 Å². The summed E-state index contributed by atoms with van der Waals surface area (Å²) in [5.74, 6) is 1.92. The molecule has 0 aliphatic carbocycles. The highest BCUT2D eigenvalue weighted by Crippen LogP contribution is 2.23. The van der Waals surface area contributed by atoms with Crippen LogP contribution in [0.15, 0.2) is 24.3 Å². The summed E-state index contributed by atoms with van der Waals surface area (Å²) in [7, 11) is 1.79. The molecule has 1 heterocycles. The van der Waals surface area contributed by atoms with Crippen LogP contribution < -0.4 is 10.1 Å². The molecule has 4 nitrogen and oxygen atoms in total. The van der Waals surface area contributed by atoms with Crippen LogP contribution in [0.3, 0.4) is 0 Å². The Kier molecular flexibility index (Phi) is 3.46. The molecule has 0 amide bonds. The smallest absolute Gasteiger partial charge is 0.225 e. The van der Waals surface area contributed by atoms with E-state index in [4.69, 9.17) is 4.74 Å². The maximum atomic E-state index is 5.77. The lowest BCUT2D eigenvalue weighted by Crippen LogP contribution is -1.99. The molecule has 1 aromatic carbocycles. The van der Waals surface area contributed by atoms with E-state index in [0.717, 1.165) is 11.4 Å². The van der Waals surface area contributed by atoms with E-state index in [2.05, 4.69) is 21.4 Å². The van der Waals surface area contributed by atoms with E-state index >= 15 is 0 Å². The van der Waals surface area contributed by atoms with Crippen molar-refractivity contribution in [1.29, 1.82) is 0 Å². The number of hydrogen-bond donors (Lipinski definition) is 1. The van der Waals surface area contributed by atoms with Crippen molar-refractivity contribution < 1.29 is 4.74 Å². The Labute approximate surface area is 107 Å². The summed E-state index contributed by atoms with van der Waals surface area (Å²) in [6, 6.07) is 7.91. The molecular formula is C14H17N3O. The highest BCUT2D eigenvalue weighted by molar-refractivity contribution is 5.37. The minimum absolute atomic E-state index is 0.553. The van der Waals surface area contributed by atoms with E-state index in [1.165, 1.54) is 11.1 Å². The molecule has 4 heteroatoms. The van der Waals surface area contributed by atoms with Gasteiger partial charge in [-0.15, -0.1) is 0 Å². The van der Waals surface area contributed by atoms with Crippen LogP contribution in [-0.4, -0.2) is 17.0 Å². The van der Waals surface area contributed by atoms with E-state index in [-0.39, 0.29) is 0 Å². The van der Waals surface area contributed by atoms with E-state index in [9.17, 15) is 0 Å². The van der Waals surface area contributed by atoms with E-state index < -0.39 is 0 Å². The largest absolute Gasteiger partial charge is 0.439 e. The van der Waals surface area contributed by atoms with Crippen molar-refractivity contribution in [3.05, 3.63) is 41.1 Å². The van der Waals surface area contributed by atoms with Crippen molar-refractivity contribution >= 4 is 5.95 Å². The van der Waals surface area contributed by atoms with Gasteiger partial charge in [-0.2, -0.15) is 4.98 Å². The molecular weight excluding hydrogens is 226 g/mol. The van der Waals surface area contributed by atoms with Crippen molar-refractivity contribution in [2.75, 3.05) is 12.4 Å². The first-order valence-corrected chi connectivity index (χ1v) is 5.86. The van der Waals surface area contributed by atoms with Crippen molar-refractivity contribution in [3.63, 3.8) is 0 Å². The zero-order valence-electron chi connectivity index (χ0n) is 11.1. The summed E-state index contributed by atoms with van der Waals surface area (Å²) in [5.41, 5.74) is 3.21. The lowest BCUT2D eigenvalue weighted by molar-refractivity contribution is 0.461. The van der Waals surface area contributed by atoms with Crippen LogP contribution in [-0.2, 0) is 0 Å². The van der Waals surface area contributed by atoms with Crippen LogP contribution >= 0.6 is 0 Å². The van der Waals surface area contributed by atoms with Gasteiger partial charge in [-0.05, 0) is 44.0 Å². The standard InChI is InChI=1S/C14H17N3O/c1-9-5-10(2)7-12(6-9)18-13-8-11(3)16-14(15-4)17-13/h5-8H,1-4H3,(H,15,16,17). The molecule has 1 N–H and O–H groups in total. The number of nitrogens with one attached hydrogen (secondary N) is 1. The monoisotopic (exact) mass is 243 g/mol. The fourth-order valence-corrected chi connectivity index (χ4v) is 1.82. The number of hydrogen-bond acceptors (Lipinski definition) is 4. The van der Waals surface area contributed by atoms with Crippen molar-refractivity contribution in [2.45, 2.75) is 20.8 Å². The van der Waals surface area contributed by atoms with Crippen LogP contribution in [0.25, 0.3) is 0 Å². The summed E-state index contributed by atoms with van der Waals surface area (Å²) < 4.78 is 5.77. The molecule has 2 aromatic rings. The van der Waals surface area contributed by atoms with Gasteiger partial charge in [0.25, 0.3) is 0 Å². The van der Waals surface area contributed by atoms with Crippen LogP contribution in [0, 0.1) is 20.8 Å². The highest BCUT2D eigenvalue weighted by Gasteiger charge is 2.04. The molecule has 94 valence electrons. The number of benzene rings is 1. The van der Waals surface area contributed by atoms with Gasteiger partial charge in [-0.1, -0.05) is 6.07 Å². The third-order valence-electron chi connectivity index (χ3n) is 2.47. The van der Waals surface area contributed by atoms with Crippen molar-refractivity contribution in [2.24, 2.45) is 0 Å². The average Bonchev–Trinajstić information content (AvgIpc) is 2.26. The summed E-state index contributed by atoms with van der Waals surface area (Å²) >= 11 is 0. The second-order valence-corrected chi connectivity index (χ2v) is 4.35. The molecule has 0 spiro atoms. The number of aromatic nitrogens is 2. The zero-order chi connectivity index (χ0) is 13.1. The third-order valence-corrected chi connectivity index (χ3v) is 2.47. The zero-order valence-corrected chi connectivity index (χ0v) is 11.1. The first-order valence-electron chi connectivity index (χ1n) is 5.86. The topological polar surface area (TPSA) is 47.0 Å². The summed E-state index contributed by atoms with van der Waals surface area (Å²) in [6.07, 6.45) is 0. The first kappa shape index (κ1) is 12.4. The summed E-state index contributed by atoms with van der Waals surface area (Å²) in [6.45, 7) is 6.01. The van der Waals surface area contributed by atoms with E-state index in [1.807, 2.05) is 39.0 Å². The maximum absolute atomic E-state index is 5.77. The third kappa shape index (κ3) is 2.97. The molecule has 0 saturated heterocycles. The number of nitrogens with zero attached hydrogens (tertiary/aromatic N) is 2. The molecule has 0 unspecified atom stereocenters. The Morgan fingerprint density at radius 1 is 0.944 bits per heavy atom. The molecule has 2 rings (SSSR count). The van der Waals surface area contributed by atoms with Gasteiger partial charge in [0.05, 0.1) is 0 Å². The minimum Gasteiger partial charge on any atom is -0.439 e. The number of ether oxygens (including phenoxy) is 1. The highest BCUT2D eigenvalue weighted by atomic mass is 16.5. The SMILES string of the molecule is CNc1nc(C)cc(Oc2cc(C)cc(C)c2)n1. The van der Waals surface area contributed by atoms with Gasteiger partial charge < -0.3 is 10.1 Å². The van der Waals surface area contributed by atoms with Gasteiger partial charge in [0.15, 0.2) is 0 Å². The lowest BCUT2D eigenvalue weighted by Gasteiger charge is -2.08. The molecule has 0 radical (unpaired) electrons. The maximum Gasteiger partial charge on any atom is 0.225 e. The minimum atomic E-state index is 0.553. The Morgan fingerprint density at radius 3 is 2.22 bits per heavy atom. The van der Waals surface area contributed by atoms with Gasteiger partial charge in [-0.25, -0.2) is 4.98 Å². The number of aryl methyl sites for hydroxylation is 3. The summed E-state index contributed by atoms with van der Waals surface area (Å²) in [4.78, 5) is 8.49. The van der Waals surface area contributed by atoms with Gasteiger partial charge in [0.2, 0.25) is 11.8 Å². The first-order chi connectivity index (χ1) is 8.56. The average molecular weight is 243 g/mol. The molecule has 18 heavy (non-hydrogen) atoms. The molecule has 0 aliphatic rings. The van der Waals surface area contributed by atoms with E-state index in [1.54, 1.807) is 7.05 Å². The Balaban J connectivity index is 2.30. The Bertz CT molecular complexity index is 547. The molecule has 0 bridgehead atoms. The Hall–Kier alpha value is -2.10. The van der Waals surface area contributed by atoms with Crippen LogP contribution in [0.5, 0.6) is 11.6 Å². The molecule has 1 aromatic heterocycles. The van der Waals surface area contributed by atoms with Crippen LogP contribution in [0.2, 0.25) is 0 Å². The number of anilines is 1. The molecule has 0 saturated carbocycles. The van der Waals surface area contributed by atoms with Gasteiger partial charge in [0, 0.05) is 18.8 Å². The molecule has 0 fully saturated rings. The van der Waals surface area contributed by atoms with Gasteiger partial charge >= 0.3 is 0 Å². The number of rotatable bonds is 3. The fourth-order valence-electron chi connectivity index (χ4n) is 1.82. The predicted octanol–water partition coefficient (Wildman–Crippen LogP) is 3.24. The molecule has 0 aliphatic heterocycles. The fraction of sp³-hybridized carbons (Fsp3) is 0.286. The second kappa shape index (κ2) is 5.04. The second-order valence-electron chi connectivity index (χ2n) is 4.35. The summed E-state index contributed by atoms with van der Waals surface area (Å²) in [5, 5.41) is 2.91. The van der Waals surface area contributed by atoms with Crippen molar-refractivity contribution in [3.8, 4) is 11.6 Å². The quantitative estimate of drug-likeness (QED) is 0.899. The molecule has 0 atom stereocenters. The van der Waals surface area contributed by atoms with Gasteiger partial charge in [-0.3, -0.25) is 0 Å². The van der Waals surface area contributed by atoms with Crippen LogP contribution in [0.4, 0.5) is 5.95 Å².